The van der Waals surface area contributed by atoms with Crippen LogP contribution in [-0.4, -0.2) is 24.3 Å². The first-order valence-electron chi connectivity index (χ1n) is 12.5. The molecule has 0 atom stereocenters. The summed E-state index contributed by atoms with van der Waals surface area (Å²) >= 11 is 0. The highest BCUT2D eigenvalue weighted by molar-refractivity contribution is 6.09. The lowest BCUT2D eigenvalue weighted by Crippen LogP contribution is -2.23. The Morgan fingerprint density at radius 3 is 2.71 bits per heavy atom. The number of carbonyl (C=O) groups is 2. The third-order valence-corrected chi connectivity index (χ3v) is 7.17. The standard InChI is InChI=1S/C29H27N3O6/c1-15-7-9-20-18(13-35-27(20)16(15)2)11-25(33)32-31-21-5-4-6-23-26(21)17(3)28(38-23)29(34)30-19-8-10-22-24(12-19)37-14-36-22/h7-10,12-13H,4-6,11,14H2,1-3H3,(H,30,34)(H,32,33)/b31-21+. The van der Waals surface area contributed by atoms with Crippen LogP contribution in [0.15, 0.2) is 50.5 Å². The van der Waals surface area contributed by atoms with E-state index in [4.69, 9.17) is 18.3 Å². The number of carbonyl (C=O) groups excluding carboxylic acids is 2. The molecule has 0 saturated heterocycles. The van der Waals surface area contributed by atoms with E-state index < -0.39 is 0 Å². The van der Waals surface area contributed by atoms with Gasteiger partial charge in [0.25, 0.3) is 5.91 Å². The molecule has 2 aliphatic rings. The molecule has 6 rings (SSSR count). The molecule has 194 valence electrons. The number of benzene rings is 2. The zero-order chi connectivity index (χ0) is 26.4. The van der Waals surface area contributed by atoms with Crippen molar-refractivity contribution in [3.8, 4) is 11.5 Å². The van der Waals surface area contributed by atoms with Crippen LogP contribution in [0.1, 0.15) is 57.0 Å². The Labute approximate surface area is 218 Å². The van der Waals surface area contributed by atoms with Crippen LogP contribution >= 0.6 is 0 Å². The largest absolute Gasteiger partial charge is 0.464 e. The highest BCUT2D eigenvalue weighted by Crippen LogP contribution is 2.35. The molecule has 0 saturated carbocycles. The first kappa shape index (κ1) is 23.8. The van der Waals surface area contributed by atoms with E-state index >= 15 is 0 Å². The fourth-order valence-corrected chi connectivity index (χ4v) is 5.03. The normalized spacial score (nSPS) is 15.1. The molecule has 0 spiro atoms. The number of hydrogen-bond acceptors (Lipinski definition) is 7. The predicted octanol–water partition coefficient (Wildman–Crippen LogP) is 5.33. The molecule has 9 nitrogen and oxygen atoms in total. The first-order valence-corrected chi connectivity index (χ1v) is 12.5. The second-order valence-electron chi connectivity index (χ2n) is 9.65. The van der Waals surface area contributed by atoms with Gasteiger partial charge in [0.15, 0.2) is 17.3 Å². The van der Waals surface area contributed by atoms with Crippen molar-refractivity contribution >= 4 is 34.2 Å². The number of ether oxygens (including phenoxy) is 2. The number of fused-ring (bicyclic) bond motifs is 3. The number of nitrogens with one attached hydrogen (secondary N) is 2. The second kappa shape index (κ2) is 9.41. The molecule has 2 aromatic heterocycles. The third-order valence-electron chi connectivity index (χ3n) is 7.17. The Kier molecular flexibility index (Phi) is 5.90. The molecule has 2 aromatic carbocycles. The molecule has 38 heavy (non-hydrogen) atoms. The van der Waals surface area contributed by atoms with Gasteiger partial charge in [-0.05, 0) is 56.9 Å². The zero-order valence-electron chi connectivity index (χ0n) is 21.4. The second-order valence-corrected chi connectivity index (χ2v) is 9.65. The number of nitrogens with zero attached hydrogens (tertiary/aromatic N) is 1. The molecular weight excluding hydrogens is 486 g/mol. The molecule has 0 bridgehead atoms. The van der Waals surface area contributed by atoms with Crippen LogP contribution in [0.4, 0.5) is 5.69 Å². The molecule has 0 fully saturated rings. The van der Waals surface area contributed by atoms with Crippen LogP contribution in [0.25, 0.3) is 11.0 Å². The Bertz CT molecular complexity index is 1630. The fourth-order valence-electron chi connectivity index (χ4n) is 5.03. The number of furan rings is 2. The highest BCUT2D eigenvalue weighted by Gasteiger charge is 2.28. The van der Waals surface area contributed by atoms with Gasteiger partial charge in [-0.25, -0.2) is 5.43 Å². The summed E-state index contributed by atoms with van der Waals surface area (Å²) in [5, 5.41) is 8.23. The van der Waals surface area contributed by atoms with Crippen molar-refractivity contribution < 1.29 is 27.9 Å². The maximum absolute atomic E-state index is 13.1. The van der Waals surface area contributed by atoms with E-state index in [0.717, 1.165) is 39.6 Å². The van der Waals surface area contributed by atoms with Crippen LogP contribution in [0.2, 0.25) is 0 Å². The van der Waals surface area contributed by atoms with E-state index in [2.05, 4.69) is 15.8 Å². The van der Waals surface area contributed by atoms with E-state index in [1.165, 1.54) is 0 Å². The highest BCUT2D eigenvalue weighted by atomic mass is 16.7. The van der Waals surface area contributed by atoms with Gasteiger partial charge in [-0.3, -0.25) is 9.59 Å². The molecule has 3 heterocycles. The van der Waals surface area contributed by atoms with Crippen molar-refractivity contribution in [3.63, 3.8) is 0 Å². The molecule has 2 amide bonds. The molecule has 1 aliphatic heterocycles. The number of anilines is 1. The van der Waals surface area contributed by atoms with Crippen molar-refractivity contribution in [2.24, 2.45) is 5.10 Å². The van der Waals surface area contributed by atoms with Crippen molar-refractivity contribution in [3.05, 3.63) is 75.9 Å². The number of hydrogen-bond donors (Lipinski definition) is 2. The van der Waals surface area contributed by atoms with Gasteiger partial charge in [0.05, 0.1) is 18.4 Å². The van der Waals surface area contributed by atoms with Crippen molar-refractivity contribution in [2.75, 3.05) is 12.1 Å². The van der Waals surface area contributed by atoms with Crippen molar-refractivity contribution in [1.29, 1.82) is 0 Å². The van der Waals surface area contributed by atoms with Crippen molar-refractivity contribution in [1.82, 2.24) is 5.43 Å². The summed E-state index contributed by atoms with van der Waals surface area (Å²) in [5.41, 5.74) is 9.27. The average Bonchev–Trinajstić information content (AvgIpc) is 3.62. The van der Waals surface area contributed by atoms with Gasteiger partial charge in [0, 0.05) is 40.3 Å². The molecule has 0 radical (unpaired) electrons. The minimum Gasteiger partial charge on any atom is -0.464 e. The number of aryl methyl sites for hydroxylation is 3. The third kappa shape index (κ3) is 4.19. The quantitative estimate of drug-likeness (QED) is 0.349. The zero-order valence-corrected chi connectivity index (χ0v) is 21.4. The minimum atomic E-state index is -0.364. The number of rotatable bonds is 5. The molecule has 2 N–H and O–H groups in total. The summed E-state index contributed by atoms with van der Waals surface area (Å²) in [6.07, 6.45) is 3.95. The van der Waals surface area contributed by atoms with E-state index in [1.54, 1.807) is 24.5 Å². The minimum absolute atomic E-state index is 0.146. The van der Waals surface area contributed by atoms with E-state index in [1.807, 2.05) is 32.9 Å². The van der Waals surface area contributed by atoms with Crippen LogP contribution in [0, 0.1) is 20.8 Å². The van der Waals surface area contributed by atoms with Gasteiger partial charge in [0.2, 0.25) is 12.7 Å². The van der Waals surface area contributed by atoms with Gasteiger partial charge in [-0.15, -0.1) is 0 Å². The summed E-state index contributed by atoms with van der Waals surface area (Å²) in [5.74, 6) is 1.54. The molecule has 9 heteroatoms. The summed E-state index contributed by atoms with van der Waals surface area (Å²) in [6.45, 7) is 6.03. The molecule has 0 unspecified atom stereocenters. The van der Waals surface area contributed by atoms with Crippen LogP contribution in [-0.2, 0) is 17.6 Å². The Balaban J connectivity index is 1.18. The maximum atomic E-state index is 13.1. The predicted molar refractivity (Wildman–Crippen MR) is 141 cm³/mol. The SMILES string of the molecule is Cc1ccc2c(CC(=O)N/N=C3\CCCc4oc(C(=O)Nc5ccc6c(c5)OCO6)c(C)c43)coc2c1C. The first-order chi connectivity index (χ1) is 18.4. The van der Waals surface area contributed by atoms with Gasteiger partial charge >= 0.3 is 0 Å². The van der Waals surface area contributed by atoms with E-state index in [-0.39, 0.29) is 30.8 Å². The van der Waals surface area contributed by atoms with Gasteiger partial charge in [0.1, 0.15) is 11.3 Å². The van der Waals surface area contributed by atoms with E-state index in [9.17, 15) is 9.59 Å². The topological polar surface area (TPSA) is 115 Å². The summed E-state index contributed by atoms with van der Waals surface area (Å²) in [4.78, 5) is 25.8. The van der Waals surface area contributed by atoms with Gasteiger partial charge in [-0.1, -0.05) is 12.1 Å². The van der Waals surface area contributed by atoms with Crippen LogP contribution < -0.4 is 20.2 Å². The Morgan fingerprint density at radius 2 is 1.84 bits per heavy atom. The van der Waals surface area contributed by atoms with Crippen LogP contribution in [0.3, 0.4) is 0 Å². The lowest BCUT2D eigenvalue weighted by Gasteiger charge is -2.13. The molecular formula is C29H27N3O6. The summed E-state index contributed by atoms with van der Waals surface area (Å²) < 4.78 is 22.4. The van der Waals surface area contributed by atoms with Gasteiger partial charge in [-0.2, -0.15) is 5.10 Å². The Hall–Kier alpha value is -4.53. The smallest absolute Gasteiger partial charge is 0.291 e. The summed E-state index contributed by atoms with van der Waals surface area (Å²) in [6, 6.07) is 9.22. The molecule has 1 aliphatic carbocycles. The monoisotopic (exact) mass is 513 g/mol. The number of hydrazone groups is 1. The Morgan fingerprint density at radius 1 is 1.00 bits per heavy atom. The molecule has 4 aromatic rings. The summed E-state index contributed by atoms with van der Waals surface area (Å²) in [7, 11) is 0. The van der Waals surface area contributed by atoms with E-state index in [0.29, 0.717) is 47.1 Å². The fraction of sp³-hybridized carbons (Fsp3) is 0.276. The van der Waals surface area contributed by atoms with Crippen LogP contribution in [0.5, 0.6) is 11.5 Å². The van der Waals surface area contributed by atoms with Gasteiger partial charge < -0.3 is 23.6 Å². The number of amides is 2. The average molecular weight is 514 g/mol. The lowest BCUT2D eigenvalue weighted by molar-refractivity contribution is -0.120. The maximum Gasteiger partial charge on any atom is 0.291 e. The van der Waals surface area contributed by atoms with Crippen molar-refractivity contribution in [2.45, 2.75) is 46.5 Å². The lowest BCUT2D eigenvalue weighted by atomic mass is 9.93.